The van der Waals surface area contributed by atoms with Crippen LogP contribution in [0.5, 0.6) is 0 Å². The number of ether oxygens (including phenoxy) is 12. The largest absolute Gasteiger partial charge is 0.459 e. The number of hydrogen-bond acceptors (Lipinski definition) is 25. The van der Waals surface area contributed by atoms with Crippen molar-refractivity contribution >= 4 is 41.1 Å². The minimum absolute atomic E-state index is 0.00152. The minimum atomic E-state index is -1.93. The van der Waals surface area contributed by atoms with E-state index in [-0.39, 0.29) is 74.6 Å². The molecule has 6 N–H and O–H groups in total. The third-order valence-corrected chi connectivity index (χ3v) is 21.1. The van der Waals surface area contributed by atoms with E-state index in [0.29, 0.717) is 18.4 Å². The smallest absolute Gasteiger partial charge is 0.387 e. The fraction of sp³-hybridized carbons (Fsp3) is 0.870. The first-order valence-electron chi connectivity index (χ1n) is 35.0. The summed E-state index contributed by atoms with van der Waals surface area (Å²) in [5.74, 6) is -10.1. The first-order valence-corrected chi connectivity index (χ1v) is 35.0. The highest BCUT2D eigenvalue weighted by molar-refractivity contribution is 5.89. The maximum absolute atomic E-state index is 13.7. The Labute approximate surface area is 588 Å². The topological polar surface area (TPSA) is 389 Å². The van der Waals surface area contributed by atoms with E-state index in [4.69, 9.17) is 56.8 Å². The molecule has 0 aromatic carbocycles. The normalized spacial score (nSPS) is 43.4. The Balaban J connectivity index is 0.000000361. The highest BCUT2D eigenvalue weighted by atomic mass is 16.7. The van der Waals surface area contributed by atoms with E-state index in [1.54, 1.807) is 76.2 Å². The van der Waals surface area contributed by atoms with Gasteiger partial charge in [-0.15, -0.1) is 0 Å². The zero-order valence-corrected chi connectivity index (χ0v) is 62.8. The number of fused-ring (bicyclic) bond motifs is 10. The van der Waals surface area contributed by atoms with Gasteiger partial charge in [0.2, 0.25) is 0 Å². The summed E-state index contributed by atoms with van der Waals surface area (Å²) in [6, 6.07) is -0.595. The fourth-order valence-corrected chi connectivity index (χ4v) is 15.8. The molecule has 0 amide bonds. The fourth-order valence-electron chi connectivity index (χ4n) is 15.8. The molecule has 31 heteroatoms. The highest BCUT2D eigenvalue weighted by Crippen LogP contribution is 2.44. The molecule has 28 atom stereocenters. The molecule has 6 aliphatic rings. The van der Waals surface area contributed by atoms with Crippen LogP contribution in [0.1, 0.15) is 163 Å². The van der Waals surface area contributed by atoms with E-state index in [0.717, 1.165) is 0 Å². The van der Waals surface area contributed by atoms with E-state index in [1.807, 2.05) is 51.8 Å². The molecule has 0 saturated carbocycles. The number of carbonyl (C=O) groups excluding carboxylic acids is 5. The molecule has 0 radical (unpaired) electrons. The summed E-state index contributed by atoms with van der Waals surface area (Å²) in [7, 11) is 7.44. The Bertz CT molecular complexity index is 2710. The van der Waals surface area contributed by atoms with Gasteiger partial charge < -0.3 is 87.1 Å². The molecule has 0 aromatic heterocycles. The van der Waals surface area contributed by atoms with Gasteiger partial charge in [0, 0.05) is 49.4 Å². The summed E-state index contributed by atoms with van der Waals surface area (Å²) in [4.78, 5) is 93.5. The van der Waals surface area contributed by atoms with E-state index in [9.17, 15) is 64.6 Å². The van der Waals surface area contributed by atoms with Crippen molar-refractivity contribution in [2.24, 2.45) is 57.5 Å². The van der Waals surface area contributed by atoms with Gasteiger partial charge in [-0.3, -0.25) is 24.0 Å². The lowest BCUT2D eigenvalue weighted by Gasteiger charge is -2.49. The predicted molar refractivity (Wildman–Crippen MR) is 358 cm³/mol. The number of esters is 4. The van der Waals surface area contributed by atoms with Crippen LogP contribution in [0.2, 0.25) is 0 Å². The lowest BCUT2D eigenvalue weighted by molar-refractivity contribution is -0.796. The summed E-state index contributed by atoms with van der Waals surface area (Å²) in [5, 5.41) is 74.2. The Morgan fingerprint density at radius 3 is 1.26 bits per heavy atom. The molecule has 0 aromatic rings. The Morgan fingerprint density at radius 1 is 0.580 bits per heavy atom. The molecule has 572 valence electrons. The standard InChI is InChI=1S/C35H60N3O12.C34H58N3O13/c1-13-26-35(10,42)31-21(5)27(36-38(43)44)19(3)15-34(9,46-17-18(2)16-45-31)30(22(6)28(40)23(7)32(41)49-26)50-33-29(48-24(8)39)25(37(11)12)14-20(4)47-33;1-12-25-34(9,42)30-19(4)26(35-37(43)44)17(2)14-33(8,46-16-23(39)15-45-30)29(20(5)27(40)21(6)31(41)49-25)50-32-28(48-22(7)38)24(36(10)11)13-18(3)47-32/h19-23,25-26,28-31,33,40,42H,2,13-17H2,1,3-12H3,(H,43,44);17-21,24-25,27-30,32,40,42H,12-16H2,1-11H3,(H,43,44)/q2*+1/b36-27+;35-26+/t19-,20-,21+,22+,23-,25+,26-,28+,29-,30-,31-,33+,34-,35-;17-,18-,19+,20+,21-,24+,25-,27+,28-,29-,30-,32+,33-,34-/m11/s1. The lowest BCUT2D eigenvalue weighted by atomic mass is 9.73. The van der Waals surface area contributed by atoms with Crippen LogP contribution >= 0.6 is 0 Å². The second-order valence-electron chi connectivity index (χ2n) is 30.1. The van der Waals surface area contributed by atoms with E-state index >= 15 is 0 Å². The van der Waals surface area contributed by atoms with Crippen molar-refractivity contribution in [3.63, 3.8) is 0 Å². The van der Waals surface area contributed by atoms with Crippen LogP contribution in [0.3, 0.4) is 0 Å². The van der Waals surface area contributed by atoms with Crippen molar-refractivity contribution in [2.45, 2.75) is 283 Å². The first kappa shape index (κ1) is 85.5. The summed E-state index contributed by atoms with van der Waals surface area (Å²) in [6.07, 6.45) is -12.8. The lowest BCUT2D eigenvalue weighted by Crippen LogP contribution is -2.61. The predicted octanol–water partition coefficient (Wildman–Crippen LogP) is 5.02. The molecule has 100 heavy (non-hydrogen) atoms. The SMILES string of the molecule is C=C1CO[C@@H]2[C@@H](C)/C(=N/[N+](=O)O)[C@H](C)C[C@@](C)(OC1)[C@H](O[C@@H]1O[C@H](C)C[C@H](N(C)C)[C@H]1OC(C)=O)[C@@H](C)[C@H](O)[C@@H](C)C(=O)O[C@H](CC)[C@@]2(C)O.CC[C@H]1OC(=O)[C@H](C)[C@@H](O)[C@H](C)[C@@H](O[C@@H]2O[C@H](C)C[C@H](N(C)C)[C@H]2OC(C)=O)[C@@]2(C)C[C@@H](C)/C(=N\[N+](=O)O)[C@H](C)[C@@H](OCC(=O)CO2)[C@]1(C)O. The summed E-state index contributed by atoms with van der Waals surface area (Å²) in [5.41, 5.74) is -5.76. The summed E-state index contributed by atoms with van der Waals surface area (Å²) >= 11 is 0. The monoisotopic (exact) mass is 1430 g/mol. The van der Waals surface area contributed by atoms with Gasteiger partial charge in [-0.2, -0.15) is 0 Å². The summed E-state index contributed by atoms with van der Waals surface area (Å²) < 4.78 is 75.0. The van der Waals surface area contributed by atoms with Gasteiger partial charge in [-0.1, -0.05) is 62.0 Å². The van der Waals surface area contributed by atoms with Crippen LogP contribution < -0.4 is 0 Å². The molecular formula is C69H118N6O25+2. The maximum Gasteiger partial charge on any atom is 0.387 e. The zero-order chi connectivity index (χ0) is 75.8. The zero-order valence-electron chi connectivity index (χ0n) is 62.8. The first-order chi connectivity index (χ1) is 46.3. The quantitative estimate of drug-likeness (QED) is 0.0646. The van der Waals surface area contributed by atoms with Crippen molar-refractivity contribution in [1.29, 1.82) is 0 Å². The Kier molecular flexibility index (Phi) is 30.4. The van der Waals surface area contributed by atoms with E-state index in [1.165, 1.54) is 34.6 Å². The number of carbonyl (C=O) groups is 5. The number of likely N-dealkylation sites (N-methyl/N-ethyl adjacent to an activating group) is 2. The van der Waals surface area contributed by atoms with Gasteiger partial charge >= 0.3 is 33.9 Å². The number of ketones is 1. The number of Topliss-reactive ketones (excluding diaryl/α,β-unsaturated/α-hetero) is 1. The van der Waals surface area contributed by atoms with Crippen LogP contribution in [0.15, 0.2) is 22.4 Å². The molecule has 6 heterocycles. The van der Waals surface area contributed by atoms with Gasteiger partial charge in [-0.05, 0) is 128 Å². The number of nitrogens with zero attached hydrogens (tertiary/aromatic N) is 6. The molecule has 6 fully saturated rings. The van der Waals surface area contributed by atoms with Crippen LogP contribution in [0.4, 0.5) is 0 Å². The molecule has 0 unspecified atom stereocenters. The Hall–Kier alpha value is -5.13. The summed E-state index contributed by atoms with van der Waals surface area (Å²) in [6.45, 7) is 32.5. The second-order valence-corrected chi connectivity index (χ2v) is 30.1. The van der Waals surface area contributed by atoms with E-state index < -0.39 is 196 Å². The molecule has 6 aliphatic heterocycles. The van der Waals surface area contributed by atoms with Crippen LogP contribution in [-0.2, 0) is 80.8 Å². The van der Waals surface area contributed by atoms with Crippen LogP contribution in [0.25, 0.3) is 0 Å². The third kappa shape index (κ3) is 20.6. The molecular weight excluding hydrogens is 1310 g/mol. The molecule has 6 rings (SSSR count). The number of rotatable bonds is 12. The average Bonchev–Trinajstić information content (AvgIpc) is 0.966. The van der Waals surface area contributed by atoms with Crippen molar-refractivity contribution in [3.8, 4) is 0 Å². The number of hydrazone groups is 2. The van der Waals surface area contributed by atoms with Crippen LogP contribution in [-0.4, -0.2) is 267 Å². The number of hydrogen-bond donors (Lipinski definition) is 6. The molecule has 0 spiro atoms. The van der Waals surface area contributed by atoms with Gasteiger partial charge in [0.1, 0.15) is 57.9 Å². The minimum Gasteiger partial charge on any atom is -0.459 e. The molecule has 0 aliphatic carbocycles. The van der Waals surface area contributed by atoms with Crippen molar-refractivity contribution in [2.75, 3.05) is 54.6 Å². The number of cyclic esters (lactones) is 2. The van der Waals surface area contributed by atoms with E-state index in [2.05, 4.69) is 16.8 Å². The van der Waals surface area contributed by atoms with Crippen LogP contribution in [0, 0.1) is 57.2 Å². The van der Waals surface area contributed by atoms with Gasteiger partial charge in [0.05, 0.1) is 107 Å². The second kappa shape index (κ2) is 35.6. The van der Waals surface area contributed by atoms with Crippen molar-refractivity contribution < 1.29 is 122 Å². The van der Waals surface area contributed by atoms with Gasteiger partial charge in [-0.25, -0.2) is 10.4 Å². The van der Waals surface area contributed by atoms with Gasteiger partial charge in [0.15, 0.2) is 30.6 Å². The van der Waals surface area contributed by atoms with Gasteiger partial charge in [0.25, 0.3) is 0 Å². The number of aliphatic hydroxyl groups is 4. The average molecular weight is 1430 g/mol. The molecule has 4 bridgehead atoms. The van der Waals surface area contributed by atoms with Crippen molar-refractivity contribution in [1.82, 2.24) is 9.80 Å². The Morgan fingerprint density at radius 2 is 0.930 bits per heavy atom. The molecule has 6 saturated heterocycles. The third-order valence-electron chi connectivity index (χ3n) is 21.1. The highest BCUT2D eigenvalue weighted by Gasteiger charge is 2.57. The maximum atomic E-state index is 13.7. The number of aliphatic hydroxyl groups excluding tert-OH is 2. The molecule has 31 nitrogen and oxygen atoms in total. The van der Waals surface area contributed by atoms with Crippen molar-refractivity contribution in [3.05, 3.63) is 22.0 Å².